The van der Waals surface area contributed by atoms with Gasteiger partial charge in [-0.2, -0.15) is 0 Å². The minimum absolute atomic E-state index is 0.0898. The van der Waals surface area contributed by atoms with E-state index in [1.54, 1.807) is 0 Å². The maximum Gasteiger partial charge on any atom is 0.226 e. The minimum atomic E-state index is -2.19. The highest BCUT2D eigenvalue weighted by atomic mass is 35.5. The molecule has 1 aliphatic rings. The third kappa shape index (κ3) is 2.77. The van der Waals surface area contributed by atoms with Crippen molar-refractivity contribution in [2.45, 2.75) is 11.3 Å². The van der Waals surface area contributed by atoms with Crippen LogP contribution < -0.4 is 0 Å². The first-order valence-electron chi connectivity index (χ1n) is 5.46. The lowest BCUT2D eigenvalue weighted by atomic mass is 10.1. The Bertz CT molecular complexity index is 541. The van der Waals surface area contributed by atoms with E-state index in [2.05, 4.69) is 0 Å². The number of hydrogen-bond acceptors (Lipinski definition) is 3. The third-order valence-electron chi connectivity index (χ3n) is 2.86. The number of benzene rings is 1. The standard InChI is InChI=1S/C11H7ClF5NOS/c12-11(19)4-1-2-18(3-4)20-10-8(16)6(14)5(13)7(15)9(10)17/h4H,1-3H2. The summed E-state index contributed by atoms with van der Waals surface area (Å²) in [4.78, 5) is 9.96. The molecular formula is C11H7ClF5NOS. The second kappa shape index (κ2) is 5.87. The fraction of sp³-hybridized carbons (Fsp3) is 0.364. The van der Waals surface area contributed by atoms with Gasteiger partial charge in [-0.15, -0.1) is 0 Å². The number of carbonyl (C=O) groups is 1. The van der Waals surface area contributed by atoms with Crippen LogP contribution in [0.15, 0.2) is 4.90 Å². The summed E-state index contributed by atoms with van der Waals surface area (Å²) in [6.45, 7) is 0.347. The molecule has 2 rings (SSSR count). The zero-order valence-electron chi connectivity index (χ0n) is 9.73. The first-order valence-corrected chi connectivity index (χ1v) is 6.61. The summed E-state index contributed by atoms with van der Waals surface area (Å²) in [5.41, 5.74) is 0. The van der Waals surface area contributed by atoms with E-state index in [0.29, 0.717) is 18.4 Å². The van der Waals surface area contributed by atoms with E-state index < -0.39 is 45.1 Å². The molecule has 0 N–H and O–H groups in total. The molecule has 0 radical (unpaired) electrons. The molecular weight excluding hydrogens is 325 g/mol. The number of halogens is 6. The molecule has 0 amide bonds. The molecule has 1 aromatic rings. The number of carbonyl (C=O) groups excluding carboxylic acids is 1. The predicted molar refractivity (Wildman–Crippen MR) is 62.6 cm³/mol. The highest BCUT2D eigenvalue weighted by Crippen LogP contribution is 2.35. The minimum Gasteiger partial charge on any atom is -0.281 e. The van der Waals surface area contributed by atoms with Crippen LogP contribution in [0.4, 0.5) is 22.0 Å². The molecule has 0 aromatic heterocycles. The third-order valence-corrected chi connectivity index (χ3v) is 4.30. The maximum absolute atomic E-state index is 13.5. The Morgan fingerprint density at radius 3 is 2.00 bits per heavy atom. The van der Waals surface area contributed by atoms with E-state index in [-0.39, 0.29) is 13.1 Å². The number of hydrogen-bond donors (Lipinski definition) is 0. The Labute approximate surface area is 120 Å². The number of nitrogens with zero attached hydrogens (tertiary/aromatic N) is 1. The summed E-state index contributed by atoms with van der Waals surface area (Å²) in [7, 11) is 0. The van der Waals surface area contributed by atoms with Gasteiger partial charge in [0.2, 0.25) is 11.1 Å². The Morgan fingerprint density at radius 1 is 1.05 bits per heavy atom. The molecule has 9 heteroatoms. The molecule has 0 aliphatic carbocycles. The van der Waals surface area contributed by atoms with E-state index in [1.165, 1.54) is 4.31 Å². The monoisotopic (exact) mass is 331 g/mol. The van der Waals surface area contributed by atoms with Gasteiger partial charge in [0.15, 0.2) is 23.3 Å². The Kier molecular flexibility index (Phi) is 4.55. The van der Waals surface area contributed by atoms with Crippen LogP contribution in [-0.2, 0) is 4.79 Å². The van der Waals surface area contributed by atoms with Crippen LogP contribution in [-0.4, -0.2) is 22.6 Å². The summed E-state index contributed by atoms with van der Waals surface area (Å²) in [6, 6.07) is 0. The molecule has 0 bridgehead atoms. The predicted octanol–water partition coefficient (Wildman–Crippen LogP) is 3.48. The van der Waals surface area contributed by atoms with Crippen LogP contribution in [0.25, 0.3) is 0 Å². The van der Waals surface area contributed by atoms with Gasteiger partial charge < -0.3 is 0 Å². The summed E-state index contributed by atoms with van der Waals surface area (Å²) < 4.78 is 67.1. The summed E-state index contributed by atoms with van der Waals surface area (Å²) in [5, 5.41) is -0.592. The van der Waals surface area contributed by atoms with Gasteiger partial charge in [-0.05, 0) is 30.0 Å². The average Bonchev–Trinajstić information content (AvgIpc) is 2.88. The van der Waals surface area contributed by atoms with Gasteiger partial charge in [-0.3, -0.25) is 4.79 Å². The molecule has 2 nitrogen and oxygen atoms in total. The van der Waals surface area contributed by atoms with Gasteiger partial charge >= 0.3 is 0 Å². The van der Waals surface area contributed by atoms with Crippen molar-refractivity contribution in [3.8, 4) is 0 Å². The Morgan fingerprint density at radius 2 is 1.55 bits per heavy atom. The quantitative estimate of drug-likeness (QED) is 0.278. The lowest BCUT2D eigenvalue weighted by Gasteiger charge is -2.15. The molecule has 1 aromatic carbocycles. The van der Waals surface area contributed by atoms with Gasteiger partial charge in [0.05, 0.1) is 0 Å². The highest BCUT2D eigenvalue weighted by molar-refractivity contribution is 7.97. The summed E-state index contributed by atoms with van der Waals surface area (Å²) in [6.07, 6.45) is 0.366. The van der Waals surface area contributed by atoms with Gasteiger partial charge in [-0.25, -0.2) is 26.3 Å². The fourth-order valence-corrected chi connectivity index (χ4v) is 3.02. The average molecular weight is 332 g/mol. The van der Waals surface area contributed by atoms with Crippen molar-refractivity contribution in [3.63, 3.8) is 0 Å². The van der Waals surface area contributed by atoms with Gasteiger partial charge in [0.25, 0.3) is 0 Å². The summed E-state index contributed by atoms with van der Waals surface area (Å²) >= 11 is 5.68. The molecule has 20 heavy (non-hydrogen) atoms. The topological polar surface area (TPSA) is 20.3 Å². The lowest BCUT2D eigenvalue weighted by molar-refractivity contribution is -0.114. The van der Waals surface area contributed by atoms with Gasteiger partial charge in [0.1, 0.15) is 4.90 Å². The molecule has 0 spiro atoms. The zero-order valence-corrected chi connectivity index (χ0v) is 11.3. The lowest BCUT2D eigenvalue weighted by Crippen LogP contribution is -2.16. The van der Waals surface area contributed by atoms with Crippen LogP contribution in [0.5, 0.6) is 0 Å². The summed E-state index contributed by atoms with van der Waals surface area (Å²) in [5.74, 6) is -10.4. The van der Waals surface area contributed by atoms with E-state index >= 15 is 0 Å². The largest absolute Gasteiger partial charge is 0.281 e. The smallest absolute Gasteiger partial charge is 0.226 e. The molecule has 1 atom stereocenters. The molecule has 110 valence electrons. The molecule has 1 unspecified atom stereocenters. The van der Waals surface area contributed by atoms with E-state index in [1.807, 2.05) is 0 Å². The second-order valence-corrected chi connectivity index (χ2v) is 5.65. The van der Waals surface area contributed by atoms with Crippen molar-refractivity contribution in [1.29, 1.82) is 0 Å². The van der Waals surface area contributed by atoms with Crippen molar-refractivity contribution in [2.24, 2.45) is 5.92 Å². The molecule has 1 heterocycles. The van der Waals surface area contributed by atoms with Crippen LogP contribution in [0, 0.1) is 35.0 Å². The van der Waals surface area contributed by atoms with Crippen LogP contribution in [0.2, 0.25) is 0 Å². The maximum atomic E-state index is 13.5. The van der Waals surface area contributed by atoms with Crippen molar-refractivity contribution < 1.29 is 26.7 Å². The van der Waals surface area contributed by atoms with E-state index in [9.17, 15) is 26.7 Å². The van der Waals surface area contributed by atoms with Crippen LogP contribution >= 0.6 is 23.5 Å². The second-order valence-electron chi connectivity index (χ2n) is 4.17. The highest BCUT2D eigenvalue weighted by Gasteiger charge is 2.32. The molecule has 1 aliphatic heterocycles. The van der Waals surface area contributed by atoms with E-state index in [4.69, 9.17) is 11.6 Å². The fourth-order valence-electron chi connectivity index (χ4n) is 1.79. The van der Waals surface area contributed by atoms with Crippen molar-refractivity contribution in [3.05, 3.63) is 29.1 Å². The molecule has 0 saturated carbocycles. The number of rotatable bonds is 3. The van der Waals surface area contributed by atoms with E-state index in [0.717, 1.165) is 0 Å². The zero-order chi connectivity index (χ0) is 15.0. The van der Waals surface area contributed by atoms with Crippen molar-refractivity contribution in [1.82, 2.24) is 4.31 Å². The van der Waals surface area contributed by atoms with Crippen LogP contribution in [0.3, 0.4) is 0 Å². The Hall–Kier alpha value is -0.860. The van der Waals surface area contributed by atoms with Gasteiger partial charge in [0, 0.05) is 19.0 Å². The first-order chi connectivity index (χ1) is 9.32. The normalized spacial score (nSPS) is 19.6. The van der Waals surface area contributed by atoms with Crippen molar-refractivity contribution >= 4 is 28.8 Å². The first kappa shape index (κ1) is 15.5. The molecule has 1 saturated heterocycles. The van der Waals surface area contributed by atoms with Gasteiger partial charge in [-0.1, -0.05) is 0 Å². The SMILES string of the molecule is O=C(Cl)C1CCN(Sc2c(F)c(F)c(F)c(F)c2F)C1. The molecule has 1 fully saturated rings. The Balaban J connectivity index is 2.25. The van der Waals surface area contributed by atoms with Crippen molar-refractivity contribution in [2.75, 3.05) is 13.1 Å². The van der Waals surface area contributed by atoms with Crippen LogP contribution in [0.1, 0.15) is 6.42 Å².